The van der Waals surface area contributed by atoms with Crippen LogP contribution in [0.25, 0.3) is 10.8 Å². The van der Waals surface area contributed by atoms with Gasteiger partial charge in [0, 0.05) is 0 Å². The smallest absolute Gasteiger partial charge is 0.262 e. The van der Waals surface area contributed by atoms with E-state index in [-0.39, 0.29) is 10.6 Å². The zero-order valence-electron chi connectivity index (χ0n) is 11.9. The SMILES string of the molecule is Cc1ccc(NS(=O)(=O)c2ccc3ccccc3c2)c(F)c1. The topological polar surface area (TPSA) is 46.2 Å². The van der Waals surface area contributed by atoms with Gasteiger partial charge in [-0.05, 0) is 47.5 Å². The van der Waals surface area contributed by atoms with Crippen molar-refractivity contribution in [2.45, 2.75) is 11.8 Å². The highest BCUT2D eigenvalue weighted by Gasteiger charge is 2.16. The molecule has 0 fully saturated rings. The summed E-state index contributed by atoms with van der Waals surface area (Å²) in [4.78, 5) is 0.103. The molecule has 0 amide bonds. The Kier molecular flexibility index (Phi) is 3.58. The first-order chi connectivity index (χ1) is 10.5. The lowest BCUT2D eigenvalue weighted by molar-refractivity contribution is 0.598. The third kappa shape index (κ3) is 2.80. The van der Waals surface area contributed by atoms with Crippen molar-refractivity contribution >= 4 is 26.5 Å². The Balaban J connectivity index is 2.00. The quantitative estimate of drug-likeness (QED) is 0.791. The number of aryl methyl sites for hydroxylation is 1. The molecule has 0 radical (unpaired) electrons. The highest BCUT2D eigenvalue weighted by Crippen LogP contribution is 2.23. The molecule has 3 rings (SSSR count). The van der Waals surface area contributed by atoms with E-state index in [1.165, 1.54) is 18.2 Å². The van der Waals surface area contributed by atoms with E-state index in [1.807, 2.05) is 24.3 Å². The first-order valence-corrected chi connectivity index (χ1v) is 8.22. The molecule has 0 atom stereocenters. The molecule has 0 unspecified atom stereocenters. The summed E-state index contributed by atoms with van der Waals surface area (Å²) in [5, 5.41) is 1.76. The lowest BCUT2D eigenvalue weighted by Gasteiger charge is -2.10. The van der Waals surface area contributed by atoms with Crippen LogP contribution in [0.15, 0.2) is 65.6 Å². The minimum absolute atomic E-state index is 0.0567. The van der Waals surface area contributed by atoms with Crippen molar-refractivity contribution in [1.29, 1.82) is 0 Å². The molecule has 0 spiro atoms. The van der Waals surface area contributed by atoms with Gasteiger partial charge in [-0.25, -0.2) is 12.8 Å². The van der Waals surface area contributed by atoms with E-state index < -0.39 is 15.8 Å². The lowest BCUT2D eigenvalue weighted by Crippen LogP contribution is -2.14. The summed E-state index contributed by atoms with van der Waals surface area (Å²) in [5.41, 5.74) is 0.671. The molecule has 0 aliphatic heterocycles. The van der Waals surface area contributed by atoms with E-state index in [1.54, 1.807) is 25.1 Å². The molecule has 1 N–H and O–H groups in total. The Morgan fingerprint density at radius 3 is 2.36 bits per heavy atom. The summed E-state index contributed by atoms with van der Waals surface area (Å²) in [6.45, 7) is 1.74. The number of hydrogen-bond donors (Lipinski definition) is 1. The van der Waals surface area contributed by atoms with Crippen LogP contribution in [0.4, 0.5) is 10.1 Å². The molecule has 22 heavy (non-hydrogen) atoms. The minimum Gasteiger partial charge on any atom is -0.277 e. The van der Waals surface area contributed by atoms with Crippen molar-refractivity contribution in [3.8, 4) is 0 Å². The van der Waals surface area contributed by atoms with Gasteiger partial charge in [-0.1, -0.05) is 36.4 Å². The molecule has 0 aliphatic carbocycles. The molecule has 5 heteroatoms. The van der Waals surface area contributed by atoms with Gasteiger partial charge in [0.2, 0.25) is 0 Å². The molecule has 0 bridgehead atoms. The van der Waals surface area contributed by atoms with E-state index in [0.717, 1.165) is 16.3 Å². The van der Waals surface area contributed by atoms with Gasteiger partial charge in [-0.15, -0.1) is 0 Å². The van der Waals surface area contributed by atoms with E-state index >= 15 is 0 Å². The summed E-state index contributed by atoms with van der Waals surface area (Å²) in [6, 6.07) is 16.6. The first kappa shape index (κ1) is 14.5. The van der Waals surface area contributed by atoms with Crippen LogP contribution in [0.2, 0.25) is 0 Å². The number of anilines is 1. The van der Waals surface area contributed by atoms with Gasteiger partial charge in [0.05, 0.1) is 10.6 Å². The van der Waals surface area contributed by atoms with Gasteiger partial charge in [0.1, 0.15) is 5.82 Å². The summed E-state index contributed by atoms with van der Waals surface area (Å²) in [7, 11) is -3.83. The Morgan fingerprint density at radius 2 is 1.64 bits per heavy atom. The molecule has 0 aliphatic rings. The average Bonchev–Trinajstić information content (AvgIpc) is 2.49. The monoisotopic (exact) mass is 315 g/mol. The van der Waals surface area contributed by atoms with Crippen LogP contribution in [0, 0.1) is 12.7 Å². The second-order valence-electron chi connectivity index (χ2n) is 5.10. The maximum absolute atomic E-state index is 13.8. The van der Waals surface area contributed by atoms with Crippen molar-refractivity contribution in [2.24, 2.45) is 0 Å². The molecule has 0 saturated heterocycles. The van der Waals surface area contributed by atoms with E-state index in [4.69, 9.17) is 0 Å². The van der Waals surface area contributed by atoms with Gasteiger partial charge in [0.15, 0.2) is 0 Å². The van der Waals surface area contributed by atoms with Gasteiger partial charge in [-0.2, -0.15) is 0 Å². The second kappa shape index (κ2) is 5.42. The third-order valence-electron chi connectivity index (χ3n) is 3.40. The number of hydrogen-bond acceptors (Lipinski definition) is 2. The predicted octanol–water partition coefficient (Wildman–Crippen LogP) is 4.09. The summed E-state index contributed by atoms with van der Waals surface area (Å²) in [5.74, 6) is -0.593. The van der Waals surface area contributed by atoms with Crippen molar-refractivity contribution in [2.75, 3.05) is 4.72 Å². The molecular weight excluding hydrogens is 301 g/mol. The summed E-state index contributed by atoms with van der Waals surface area (Å²) >= 11 is 0. The Labute approximate surface area is 128 Å². The number of rotatable bonds is 3. The molecule has 112 valence electrons. The predicted molar refractivity (Wildman–Crippen MR) is 85.9 cm³/mol. The highest BCUT2D eigenvalue weighted by atomic mass is 32.2. The molecule has 3 aromatic carbocycles. The fraction of sp³-hybridized carbons (Fsp3) is 0.0588. The molecule has 0 saturated carbocycles. The van der Waals surface area contributed by atoms with Crippen LogP contribution in [0.5, 0.6) is 0 Å². The van der Waals surface area contributed by atoms with Crippen LogP contribution in [0.3, 0.4) is 0 Å². The molecule has 3 nitrogen and oxygen atoms in total. The van der Waals surface area contributed by atoms with Gasteiger partial charge in [0.25, 0.3) is 10.0 Å². The fourth-order valence-corrected chi connectivity index (χ4v) is 3.34. The average molecular weight is 315 g/mol. The molecular formula is C17H14FNO2S. The number of fused-ring (bicyclic) bond motifs is 1. The van der Waals surface area contributed by atoms with E-state index in [0.29, 0.717) is 0 Å². The van der Waals surface area contributed by atoms with Crippen molar-refractivity contribution < 1.29 is 12.8 Å². The van der Waals surface area contributed by atoms with Gasteiger partial charge >= 0.3 is 0 Å². The van der Waals surface area contributed by atoms with Crippen LogP contribution in [-0.4, -0.2) is 8.42 Å². The Morgan fingerprint density at radius 1 is 0.909 bits per heavy atom. The number of halogens is 1. The van der Waals surface area contributed by atoms with E-state index in [2.05, 4.69) is 4.72 Å². The van der Waals surface area contributed by atoms with Gasteiger partial charge < -0.3 is 0 Å². The molecule has 3 aromatic rings. The first-order valence-electron chi connectivity index (χ1n) is 6.73. The normalized spacial score (nSPS) is 11.5. The zero-order chi connectivity index (χ0) is 15.7. The number of nitrogens with one attached hydrogen (secondary N) is 1. The Hall–Kier alpha value is -2.40. The maximum Gasteiger partial charge on any atom is 0.262 e. The van der Waals surface area contributed by atoms with Crippen molar-refractivity contribution in [3.05, 3.63) is 72.0 Å². The fourth-order valence-electron chi connectivity index (χ4n) is 2.24. The van der Waals surface area contributed by atoms with Crippen LogP contribution < -0.4 is 4.72 Å². The van der Waals surface area contributed by atoms with Crippen molar-refractivity contribution in [1.82, 2.24) is 0 Å². The standard InChI is InChI=1S/C17H14FNO2S/c1-12-6-9-17(16(18)10-12)19-22(20,21)15-8-7-13-4-2-3-5-14(13)11-15/h2-11,19H,1H3. The van der Waals surface area contributed by atoms with Gasteiger partial charge in [-0.3, -0.25) is 4.72 Å². The minimum atomic E-state index is -3.83. The number of benzene rings is 3. The molecule has 0 aromatic heterocycles. The Bertz CT molecular complexity index is 952. The summed E-state index contributed by atoms with van der Waals surface area (Å²) in [6.07, 6.45) is 0. The largest absolute Gasteiger partial charge is 0.277 e. The summed E-state index contributed by atoms with van der Waals surface area (Å²) < 4.78 is 40.9. The van der Waals surface area contributed by atoms with Crippen LogP contribution in [-0.2, 0) is 10.0 Å². The number of sulfonamides is 1. The highest BCUT2D eigenvalue weighted by molar-refractivity contribution is 7.92. The second-order valence-corrected chi connectivity index (χ2v) is 6.78. The lowest BCUT2D eigenvalue weighted by atomic mass is 10.1. The maximum atomic E-state index is 13.8. The van der Waals surface area contributed by atoms with E-state index in [9.17, 15) is 12.8 Å². The van der Waals surface area contributed by atoms with Crippen molar-refractivity contribution in [3.63, 3.8) is 0 Å². The zero-order valence-corrected chi connectivity index (χ0v) is 12.7. The van der Waals surface area contributed by atoms with Crippen LogP contribution >= 0.6 is 0 Å². The third-order valence-corrected chi connectivity index (χ3v) is 4.76. The molecule has 0 heterocycles. The van der Waals surface area contributed by atoms with Crippen LogP contribution in [0.1, 0.15) is 5.56 Å².